The zero-order valence-corrected chi connectivity index (χ0v) is 20.1. The van der Waals surface area contributed by atoms with Gasteiger partial charge < -0.3 is 14.8 Å². The summed E-state index contributed by atoms with van der Waals surface area (Å²) in [5.74, 6) is 0.765. The maximum atomic E-state index is 13.1. The number of benzene rings is 3. The van der Waals surface area contributed by atoms with Crippen molar-refractivity contribution in [2.75, 3.05) is 18.9 Å². The summed E-state index contributed by atoms with van der Waals surface area (Å²) in [5, 5.41) is 2.91. The molecule has 0 aliphatic rings. The first-order valence-electron chi connectivity index (χ1n) is 10.4. The second-order valence-corrected chi connectivity index (χ2v) is 9.36. The lowest BCUT2D eigenvalue weighted by atomic mass is 10.1. The minimum absolute atomic E-state index is 0.0529. The molecule has 174 valence electrons. The van der Waals surface area contributed by atoms with Gasteiger partial charge in [-0.2, -0.15) is 0 Å². The maximum Gasteiger partial charge on any atom is 0.262 e. The Morgan fingerprint density at radius 1 is 0.879 bits per heavy atom. The standard InChI is InChI=1S/C25H28N2O5S/c1-16-8-6-7-9-21(16)27-33(29,30)24-15-20(11-10-17(24)2)25(28)26-18(3)19-12-13-22(31-4)23(14-19)32-5/h6-15,18,27H,1-5H3,(H,26,28)/t18-/m0/s1. The van der Waals surface area contributed by atoms with Gasteiger partial charge in [0.05, 0.1) is 30.8 Å². The molecule has 3 rings (SSSR count). The number of sulfonamides is 1. The van der Waals surface area contributed by atoms with Crippen LogP contribution in [0.25, 0.3) is 0 Å². The molecular weight excluding hydrogens is 440 g/mol. The molecule has 3 aromatic carbocycles. The van der Waals surface area contributed by atoms with Crippen LogP contribution in [0.3, 0.4) is 0 Å². The Bertz CT molecular complexity index is 1270. The molecule has 0 aromatic heterocycles. The van der Waals surface area contributed by atoms with Crippen molar-refractivity contribution in [2.45, 2.75) is 31.7 Å². The average Bonchev–Trinajstić information content (AvgIpc) is 2.80. The average molecular weight is 469 g/mol. The number of aryl methyl sites for hydroxylation is 2. The Labute approximate surface area is 194 Å². The van der Waals surface area contributed by atoms with E-state index < -0.39 is 10.0 Å². The number of rotatable bonds is 8. The number of nitrogens with one attached hydrogen (secondary N) is 2. The number of hydrogen-bond acceptors (Lipinski definition) is 5. The number of carbonyl (C=O) groups excluding carboxylic acids is 1. The minimum atomic E-state index is -3.88. The number of para-hydroxylation sites is 1. The van der Waals surface area contributed by atoms with Crippen LogP contribution >= 0.6 is 0 Å². The number of anilines is 1. The van der Waals surface area contributed by atoms with Gasteiger partial charge in [-0.15, -0.1) is 0 Å². The fourth-order valence-corrected chi connectivity index (χ4v) is 4.81. The van der Waals surface area contributed by atoms with Gasteiger partial charge in [0, 0.05) is 5.56 Å². The molecule has 0 saturated heterocycles. The molecule has 1 atom stereocenters. The third-order valence-electron chi connectivity index (χ3n) is 5.38. The van der Waals surface area contributed by atoms with E-state index in [1.165, 1.54) is 6.07 Å². The van der Waals surface area contributed by atoms with E-state index in [-0.39, 0.29) is 22.4 Å². The van der Waals surface area contributed by atoms with E-state index in [0.29, 0.717) is 22.7 Å². The van der Waals surface area contributed by atoms with Crippen molar-refractivity contribution < 1.29 is 22.7 Å². The van der Waals surface area contributed by atoms with Crippen LogP contribution in [-0.2, 0) is 10.0 Å². The van der Waals surface area contributed by atoms with Crippen molar-refractivity contribution in [3.05, 3.63) is 82.9 Å². The highest BCUT2D eigenvalue weighted by Crippen LogP contribution is 2.30. The number of hydrogen-bond donors (Lipinski definition) is 2. The Hall–Kier alpha value is -3.52. The van der Waals surface area contributed by atoms with Crippen molar-refractivity contribution in [1.82, 2.24) is 5.32 Å². The van der Waals surface area contributed by atoms with Crippen LogP contribution in [0, 0.1) is 13.8 Å². The molecule has 0 aliphatic heterocycles. The minimum Gasteiger partial charge on any atom is -0.493 e. The summed E-state index contributed by atoms with van der Waals surface area (Å²) < 4.78 is 39.3. The smallest absolute Gasteiger partial charge is 0.262 e. The highest BCUT2D eigenvalue weighted by atomic mass is 32.2. The van der Waals surface area contributed by atoms with Gasteiger partial charge in [0.15, 0.2) is 11.5 Å². The molecule has 33 heavy (non-hydrogen) atoms. The first-order valence-corrected chi connectivity index (χ1v) is 11.9. The Balaban J connectivity index is 1.84. The summed E-state index contributed by atoms with van der Waals surface area (Å²) in [4.78, 5) is 13.0. The van der Waals surface area contributed by atoms with E-state index >= 15 is 0 Å². The molecule has 0 heterocycles. The third-order valence-corrected chi connectivity index (χ3v) is 6.89. The van der Waals surface area contributed by atoms with E-state index in [1.54, 1.807) is 57.5 Å². The topological polar surface area (TPSA) is 93.7 Å². The summed E-state index contributed by atoms with van der Waals surface area (Å²) in [6.45, 7) is 5.36. The highest BCUT2D eigenvalue weighted by molar-refractivity contribution is 7.92. The maximum absolute atomic E-state index is 13.1. The molecule has 0 fully saturated rings. The molecule has 2 N–H and O–H groups in total. The summed E-state index contributed by atoms with van der Waals surface area (Å²) in [6, 6.07) is 16.8. The zero-order chi connectivity index (χ0) is 24.2. The first kappa shape index (κ1) is 24.1. The highest BCUT2D eigenvalue weighted by Gasteiger charge is 2.21. The molecular formula is C25H28N2O5S. The first-order chi connectivity index (χ1) is 15.7. The molecule has 0 unspecified atom stereocenters. The predicted octanol–water partition coefficient (Wildman–Crippen LogP) is 4.61. The van der Waals surface area contributed by atoms with Crippen molar-refractivity contribution in [3.63, 3.8) is 0 Å². The molecule has 0 spiro atoms. The molecule has 0 radical (unpaired) electrons. The lowest BCUT2D eigenvalue weighted by molar-refractivity contribution is 0.0939. The van der Waals surface area contributed by atoms with E-state index in [1.807, 2.05) is 32.0 Å². The SMILES string of the molecule is COc1ccc([C@H](C)NC(=O)c2ccc(C)c(S(=O)(=O)Nc3ccccc3C)c2)cc1OC. The summed E-state index contributed by atoms with van der Waals surface area (Å²) in [5.41, 5.74) is 2.91. The number of carbonyl (C=O) groups is 1. The quantitative estimate of drug-likeness (QED) is 0.503. The zero-order valence-electron chi connectivity index (χ0n) is 19.3. The van der Waals surface area contributed by atoms with Crippen LogP contribution in [0.15, 0.2) is 65.6 Å². The van der Waals surface area contributed by atoms with Crippen LogP contribution in [0.4, 0.5) is 5.69 Å². The van der Waals surface area contributed by atoms with Crippen molar-refractivity contribution in [2.24, 2.45) is 0 Å². The summed E-state index contributed by atoms with van der Waals surface area (Å²) in [7, 11) is -0.779. The molecule has 0 saturated carbocycles. The van der Waals surface area contributed by atoms with Crippen molar-refractivity contribution >= 4 is 21.6 Å². The Morgan fingerprint density at radius 2 is 1.58 bits per heavy atom. The third kappa shape index (κ3) is 5.46. The van der Waals surface area contributed by atoms with E-state index in [2.05, 4.69) is 10.0 Å². The van der Waals surface area contributed by atoms with Gasteiger partial charge in [0.25, 0.3) is 15.9 Å². The van der Waals surface area contributed by atoms with Crippen molar-refractivity contribution in [1.29, 1.82) is 0 Å². The van der Waals surface area contributed by atoms with Gasteiger partial charge >= 0.3 is 0 Å². The van der Waals surface area contributed by atoms with Gasteiger partial charge in [-0.3, -0.25) is 9.52 Å². The summed E-state index contributed by atoms with van der Waals surface area (Å²) >= 11 is 0. The predicted molar refractivity (Wildman–Crippen MR) is 129 cm³/mol. The van der Waals surface area contributed by atoms with Crippen LogP contribution in [0.1, 0.15) is 40.0 Å². The lowest BCUT2D eigenvalue weighted by Gasteiger charge is -2.17. The molecule has 7 nitrogen and oxygen atoms in total. The molecule has 0 aliphatic carbocycles. The monoisotopic (exact) mass is 468 g/mol. The Kier molecular flexibility index (Phi) is 7.28. The van der Waals surface area contributed by atoms with Gasteiger partial charge in [-0.05, 0) is 67.8 Å². The van der Waals surface area contributed by atoms with Crippen LogP contribution in [0.5, 0.6) is 11.5 Å². The van der Waals surface area contributed by atoms with Gasteiger partial charge in [-0.25, -0.2) is 8.42 Å². The molecule has 1 amide bonds. The van der Waals surface area contributed by atoms with Crippen LogP contribution in [0.2, 0.25) is 0 Å². The second kappa shape index (κ2) is 9.95. The van der Waals surface area contributed by atoms with E-state index in [0.717, 1.165) is 11.1 Å². The molecule has 0 bridgehead atoms. The number of methoxy groups -OCH3 is 2. The van der Waals surface area contributed by atoms with Crippen LogP contribution in [-0.4, -0.2) is 28.5 Å². The lowest BCUT2D eigenvalue weighted by Crippen LogP contribution is -2.27. The van der Waals surface area contributed by atoms with Gasteiger partial charge in [-0.1, -0.05) is 30.3 Å². The van der Waals surface area contributed by atoms with E-state index in [4.69, 9.17) is 9.47 Å². The second-order valence-electron chi connectivity index (χ2n) is 7.71. The van der Waals surface area contributed by atoms with E-state index in [9.17, 15) is 13.2 Å². The van der Waals surface area contributed by atoms with Crippen LogP contribution < -0.4 is 19.5 Å². The number of amides is 1. The normalized spacial score (nSPS) is 12.0. The largest absolute Gasteiger partial charge is 0.493 e. The van der Waals surface area contributed by atoms with Gasteiger partial charge in [0.2, 0.25) is 0 Å². The fraction of sp³-hybridized carbons (Fsp3) is 0.240. The van der Waals surface area contributed by atoms with Gasteiger partial charge in [0.1, 0.15) is 0 Å². The molecule has 8 heteroatoms. The molecule has 3 aromatic rings. The summed E-state index contributed by atoms with van der Waals surface area (Å²) in [6.07, 6.45) is 0. The van der Waals surface area contributed by atoms with Crippen molar-refractivity contribution in [3.8, 4) is 11.5 Å². The Morgan fingerprint density at radius 3 is 2.24 bits per heavy atom. The fourth-order valence-electron chi connectivity index (χ4n) is 3.40. The number of ether oxygens (including phenoxy) is 2.